The van der Waals surface area contributed by atoms with Gasteiger partial charge in [-0.2, -0.15) is 0 Å². The maximum atomic E-state index is 5.78. The van der Waals surface area contributed by atoms with Crippen molar-refractivity contribution in [2.45, 2.75) is 24.9 Å². The van der Waals surface area contributed by atoms with Crippen molar-refractivity contribution in [1.82, 2.24) is 20.2 Å². The Balaban J connectivity index is 1.79. The monoisotopic (exact) mass is 244 g/mol. The molecule has 6 nitrogen and oxygen atoms in total. The van der Waals surface area contributed by atoms with Crippen LogP contribution in [-0.2, 0) is 7.05 Å². The van der Waals surface area contributed by atoms with Gasteiger partial charge in [-0.3, -0.25) is 0 Å². The molecule has 3 N–H and O–H groups in total. The normalized spacial score (nSPS) is 22.6. The molecule has 0 saturated heterocycles. The first-order valence-electron chi connectivity index (χ1n) is 6.07. The number of hydrogen-bond donors (Lipinski definition) is 2. The number of nitrogens with zero attached hydrogens (tertiary/aromatic N) is 4. The molecule has 0 amide bonds. The predicted molar refractivity (Wildman–Crippen MR) is 68.9 cm³/mol. The van der Waals surface area contributed by atoms with E-state index in [4.69, 9.17) is 5.73 Å². The molecule has 94 valence electrons. The molecule has 0 unspecified atom stereocenters. The first-order chi connectivity index (χ1) is 8.72. The van der Waals surface area contributed by atoms with Gasteiger partial charge in [0, 0.05) is 30.4 Å². The maximum absolute atomic E-state index is 5.78. The average molecular weight is 244 g/mol. The summed E-state index contributed by atoms with van der Waals surface area (Å²) in [5.41, 5.74) is 7.88. The Bertz CT molecular complexity index is 543. The third kappa shape index (κ3) is 2.06. The Hall–Kier alpha value is -1.95. The van der Waals surface area contributed by atoms with Crippen molar-refractivity contribution in [2.24, 2.45) is 12.8 Å². The van der Waals surface area contributed by atoms with Gasteiger partial charge < -0.3 is 11.1 Å². The molecule has 0 spiro atoms. The van der Waals surface area contributed by atoms with E-state index in [9.17, 15) is 0 Å². The molecule has 6 heteroatoms. The number of nitrogens with two attached hydrogens (primary N) is 1. The molecule has 0 radical (unpaired) electrons. The molecular weight excluding hydrogens is 228 g/mol. The average Bonchev–Trinajstić information content (AvgIpc) is 2.74. The van der Waals surface area contributed by atoms with Crippen LogP contribution in [0.15, 0.2) is 24.3 Å². The first-order valence-corrected chi connectivity index (χ1v) is 6.07. The molecule has 1 aliphatic rings. The third-order valence-corrected chi connectivity index (χ3v) is 3.29. The van der Waals surface area contributed by atoms with Crippen molar-refractivity contribution >= 4 is 5.69 Å². The topological polar surface area (TPSA) is 81.7 Å². The van der Waals surface area contributed by atoms with Crippen LogP contribution in [0.4, 0.5) is 5.69 Å². The molecule has 1 fully saturated rings. The summed E-state index contributed by atoms with van der Waals surface area (Å²) >= 11 is 0. The number of aromatic nitrogens is 4. The van der Waals surface area contributed by atoms with E-state index in [-0.39, 0.29) is 0 Å². The number of anilines is 1. The number of rotatable bonds is 3. The molecule has 1 saturated carbocycles. The smallest absolute Gasteiger partial charge is 0.181 e. The zero-order valence-electron chi connectivity index (χ0n) is 10.2. The van der Waals surface area contributed by atoms with Gasteiger partial charge in [-0.15, -0.1) is 5.10 Å². The minimum Gasteiger partial charge on any atom is -0.382 e. The highest BCUT2D eigenvalue weighted by atomic mass is 15.5. The molecule has 1 aliphatic carbocycles. The fraction of sp³-hybridized carbons (Fsp3) is 0.417. The van der Waals surface area contributed by atoms with E-state index in [1.807, 2.05) is 19.2 Å². The van der Waals surface area contributed by atoms with Gasteiger partial charge in [0.25, 0.3) is 0 Å². The summed E-state index contributed by atoms with van der Waals surface area (Å²) in [5, 5.41) is 15.0. The molecule has 0 aliphatic heterocycles. The maximum Gasteiger partial charge on any atom is 0.181 e. The Morgan fingerprint density at radius 2 is 2.22 bits per heavy atom. The predicted octanol–water partition coefficient (Wildman–Crippen LogP) is 0.779. The quantitative estimate of drug-likeness (QED) is 0.833. The highest BCUT2D eigenvalue weighted by Crippen LogP contribution is 2.25. The molecular formula is C12H16N6. The summed E-state index contributed by atoms with van der Waals surface area (Å²) in [6.07, 6.45) is 2.07. The molecule has 1 heterocycles. The van der Waals surface area contributed by atoms with Crippen LogP contribution in [-0.4, -0.2) is 32.3 Å². The number of aryl methyl sites for hydroxylation is 1. The second-order valence-electron chi connectivity index (χ2n) is 4.78. The molecule has 0 atom stereocenters. The van der Waals surface area contributed by atoms with E-state index in [1.54, 1.807) is 4.68 Å². The highest BCUT2D eigenvalue weighted by molar-refractivity contribution is 5.62. The Labute approximate surface area is 105 Å². The first kappa shape index (κ1) is 11.2. The highest BCUT2D eigenvalue weighted by Gasteiger charge is 2.25. The van der Waals surface area contributed by atoms with E-state index in [2.05, 4.69) is 33.0 Å². The van der Waals surface area contributed by atoms with E-state index >= 15 is 0 Å². The van der Waals surface area contributed by atoms with E-state index in [0.29, 0.717) is 12.1 Å². The zero-order chi connectivity index (χ0) is 12.5. The number of hydrogen-bond acceptors (Lipinski definition) is 5. The Morgan fingerprint density at radius 1 is 1.39 bits per heavy atom. The Morgan fingerprint density at radius 3 is 2.89 bits per heavy atom. The molecule has 2 aromatic rings. The van der Waals surface area contributed by atoms with Crippen molar-refractivity contribution in [3.05, 3.63) is 24.3 Å². The summed E-state index contributed by atoms with van der Waals surface area (Å²) in [6, 6.07) is 8.97. The number of nitrogens with one attached hydrogen (secondary N) is 1. The largest absolute Gasteiger partial charge is 0.382 e. The fourth-order valence-corrected chi connectivity index (χ4v) is 2.24. The molecule has 0 bridgehead atoms. The van der Waals surface area contributed by atoms with Crippen LogP contribution in [0.5, 0.6) is 0 Å². The van der Waals surface area contributed by atoms with Gasteiger partial charge in [0.05, 0.1) is 0 Å². The summed E-state index contributed by atoms with van der Waals surface area (Å²) in [6.45, 7) is 0. The van der Waals surface area contributed by atoms with Gasteiger partial charge in [0.15, 0.2) is 5.82 Å². The number of benzene rings is 1. The SMILES string of the molecule is Cn1nnnc1-c1cccc(NC2CC(N)C2)c1. The van der Waals surface area contributed by atoms with Crippen LogP contribution >= 0.6 is 0 Å². The lowest BCUT2D eigenvalue weighted by molar-refractivity contribution is 0.374. The molecule has 1 aromatic heterocycles. The second-order valence-corrected chi connectivity index (χ2v) is 4.78. The van der Waals surface area contributed by atoms with Crippen LogP contribution in [0.3, 0.4) is 0 Å². The van der Waals surface area contributed by atoms with Crippen LogP contribution in [0.1, 0.15) is 12.8 Å². The minimum atomic E-state index is 0.355. The summed E-state index contributed by atoms with van der Waals surface area (Å²) in [7, 11) is 1.83. The lowest BCUT2D eigenvalue weighted by Crippen LogP contribution is -2.44. The zero-order valence-corrected chi connectivity index (χ0v) is 10.2. The van der Waals surface area contributed by atoms with E-state index in [1.165, 1.54) is 0 Å². The van der Waals surface area contributed by atoms with E-state index < -0.39 is 0 Å². The molecule has 3 rings (SSSR count). The van der Waals surface area contributed by atoms with Crippen molar-refractivity contribution in [3.63, 3.8) is 0 Å². The van der Waals surface area contributed by atoms with Crippen LogP contribution in [0, 0.1) is 0 Å². The van der Waals surface area contributed by atoms with Gasteiger partial charge in [0.1, 0.15) is 0 Å². The minimum absolute atomic E-state index is 0.355. The van der Waals surface area contributed by atoms with Gasteiger partial charge in [0.2, 0.25) is 0 Å². The summed E-state index contributed by atoms with van der Waals surface area (Å²) < 4.78 is 1.67. The van der Waals surface area contributed by atoms with Crippen LogP contribution in [0.2, 0.25) is 0 Å². The van der Waals surface area contributed by atoms with Crippen LogP contribution in [0.25, 0.3) is 11.4 Å². The van der Waals surface area contributed by atoms with Gasteiger partial charge in [-0.25, -0.2) is 4.68 Å². The lowest BCUT2D eigenvalue weighted by atomic mass is 9.87. The van der Waals surface area contributed by atoms with Gasteiger partial charge in [-0.05, 0) is 35.4 Å². The fourth-order valence-electron chi connectivity index (χ4n) is 2.24. The summed E-state index contributed by atoms with van der Waals surface area (Å²) in [4.78, 5) is 0. The number of tetrazole rings is 1. The van der Waals surface area contributed by atoms with Gasteiger partial charge in [-0.1, -0.05) is 12.1 Å². The molecule has 1 aromatic carbocycles. The summed E-state index contributed by atoms with van der Waals surface area (Å²) in [5.74, 6) is 0.768. The Kier molecular flexibility index (Phi) is 2.71. The van der Waals surface area contributed by atoms with Crippen LogP contribution < -0.4 is 11.1 Å². The van der Waals surface area contributed by atoms with Crippen molar-refractivity contribution in [2.75, 3.05) is 5.32 Å². The molecule has 18 heavy (non-hydrogen) atoms. The second kappa shape index (κ2) is 4.38. The van der Waals surface area contributed by atoms with Crippen molar-refractivity contribution in [1.29, 1.82) is 0 Å². The lowest BCUT2D eigenvalue weighted by Gasteiger charge is -2.33. The van der Waals surface area contributed by atoms with Gasteiger partial charge >= 0.3 is 0 Å². The van der Waals surface area contributed by atoms with E-state index in [0.717, 1.165) is 29.9 Å². The standard InChI is InChI=1S/C12H16N6/c1-18-12(15-16-17-18)8-3-2-4-10(5-8)14-11-6-9(13)7-11/h2-5,9,11,14H,6-7,13H2,1H3. The van der Waals surface area contributed by atoms with Crippen molar-refractivity contribution in [3.8, 4) is 11.4 Å². The van der Waals surface area contributed by atoms with Crippen molar-refractivity contribution < 1.29 is 0 Å². The third-order valence-electron chi connectivity index (χ3n) is 3.29.